The highest BCUT2D eigenvalue weighted by Crippen LogP contribution is 2.53. The first kappa shape index (κ1) is 14.1. The molecule has 3 rings (SSSR count). The van der Waals surface area contributed by atoms with Crippen LogP contribution in [0.3, 0.4) is 0 Å². The van der Waals surface area contributed by atoms with Gasteiger partial charge in [-0.3, -0.25) is 9.59 Å². The van der Waals surface area contributed by atoms with Crippen molar-refractivity contribution in [2.75, 3.05) is 7.11 Å². The Hall–Kier alpha value is -1.84. The first-order valence-electron chi connectivity index (χ1n) is 7.29. The van der Waals surface area contributed by atoms with Gasteiger partial charge in [0.15, 0.2) is 11.5 Å². The molecule has 0 saturated heterocycles. The van der Waals surface area contributed by atoms with E-state index in [2.05, 4.69) is 6.58 Å². The van der Waals surface area contributed by atoms with E-state index < -0.39 is 0 Å². The summed E-state index contributed by atoms with van der Waals surface area (Å²) in [5.74, 6) is 0.379. The molecule has 4 heteroatoms. The maximum absolute atomic E-state index is 12.4. The van der Waals surface area contributed by atoms with E-state index in [-0.39, 0.29) is 34.6 Å². The molecule has 1 heterocycles. The van der Waals surface area contributed by atoms with E-state index in [4.69, 9.17) is 9.47 Å². The summed E-state index contributed by atoms with van der Waals surface area (Å²) in [6.07, 6.45) is 3.67. The summed E-state index contributed by atoms with van der Waals surface area (Å²) in [5, 5.41) is 0. The molecule has 0 amide bonds. The van der Waals surface area contributed by atoms with Crippen LogP contribution in [0.25, 0.3) is 0 Å². The molecule has 2 aliphatic carbocycles. The van der Waals surface area contributed by atoms with Gasteiger partial charge in [0, 0.05) is 17.6 Å². The minimum absolute atomic E-state index is 0.107. The lowest BCUT2D eigenvalue weighted by atomic mass is 9.75. The fourth-order valence-electron chi connectivity index (χ4n) is 3.88. The number of ether oxygens (including phenoxy) is 2. The van der Waals surface area contributed by atoms with Crippen LogP contribution >= 0.6 is 0 Å². The van der Waals surface area contributed by atoms with E-state index >= 15 is 0 Å². The Bertz CT molecular complexity index is 610. The van der Waals surface area contributed by atoms with Gasteiger partial charge in [-0.15, -0.1) is 0 Å². The number of rotatable bonds is 2. The van der Waals surface area contributed by atoms with Gasteiger partial charge in [0.2, 0.25) is 11.6 Å². The molecule has 0 aromatic carbocycles. The summed E-state index contributed by atoms with van der Waals surface area (Å²) >= 11 is 0. The minimum atomic E-state index is -0.378. The molecule has 0 N–H and O–H groups in total. The molecule has 4 nitrogen and oxygen atoms in total. The fraction of sp³-hybridized carbons (Fsp3) is 0.529. The van der Waals surface area contributed by atoms with Gasteiger partial charge in [-0.2, -0.15) is 0 Å². The Kier molecular flexibility index (Phi) is 3.08. The Balaban J connectivity index is 2.00. The number of carbonyl (C=O) groups excluding carboxylic acids is 2. The molecule has 0 aromatic heterocycles. The Morgan fingerprint density at radius 2 is 2.19 bits per heavy atom. The van der Waals surface area contributed by atoms with Crippen LogP contribution in [-0.4, -0.2) is 24.3 Å². The standard InChI is InChI=1S/C17H20O4/c1-9(2)10-5-6-17(3)12(10)7-11-15(19)14(20-4)8-13(18)16(11)21-17/h8,10,12H,1,5-7H2,2-4H3. The van der Waals surface area contributed by atoms with Gasteiger partial charge >= 0.3 is 0 Å². The molecule has 3 aliphatic rings. The zero-order chi connectivity index (χ0) is 15.4. The largest absolute Gasteiger partial charge is 0.493 e. The molecule has 0 bridgehead atoms. The zero-order valence-corrected chi connectivity index (χ0v) is 12.7. The first-order chi connectivity index (χ1) is 9.87. The Morgan fingerprint density at radius 1 is 1.48 bits per heavy atom. The molecular weight excluding hydrogens is 268 g/mol. The molecule has 112 valence electrons. The average Bonchev–Trinajstić information content (AvgIpc) is 2.77. The van der Waals surface area contributed by atoms with Crippen molar-refractivity contribution in [3.63, 3.8) is 0 Å². The van der Waals surface area contributed by atoms with Crippen molar-refractivity contribution >= 4 is 11.6 Å². The SMILES string of the molecule is C=C(C)C1CCC2(C)OC3=C(CC12)C(=O)C(OC)=CC3=O. The summed E-state index contributed by atoms with van der Waals surface area (Å²) in [6.45, 7) is 8.13. The third kappa shape index (κ3) is 1.96. The van der Waals surface area contributed by atoms with Crippen molar-refractivity contribution in [1.29, 1.82) is 0 Å². The summed E-state index contributed by atoms with van der Waals surface area (Å²) in [6, 6.07) is 0. The number of fused-ring (bicyclic) bond motifs is 1. The Morgan fingerprint density at radius 3 is 2.81 bits per heavy atom. The van der Waals surface area contributed by atoms with Crippen LogP contribution in [0.1, 0.15) is 33.1 Å². The highest BCUT2D eigenvalue weighted by atomic mass is 16.5. The topological polar surface area (TPSA) is 52.6 Å². The molecule has 1 saturated carbocycles. The van der Waals surface area contributed by atoms with Crippen LogP contribution in [0.4, 0.5) is 0 Å². The van der Waals surface area contributed by atoms with E-state index in [0.717, 1.165) is 18.4 Å². The normalized spacial score (nSPS) is 34.9. The van der Waals surface area contributed by atoms with Crippen molar-refractivity contribution in [1.82, 2.24) is 0 Å². The highest BCUT2D eigenvalue weighted by Gasteiger charge is 2.53. The van der Waals surface area contributed by atoms with E-state index in [1.165, 1.54) is 13.2 Å². The van der Waals surface area contributed by atoms with Crippen LogP contribution in [0, 0.1) is 11.8 Å². The van der Waals surface area contributed by atoms with Gasteiger partial charge in [-0.05, 0) is 39.0 Å². The molecule has 21 heavy (non-hydrogen) atoms. The number of methoxy groups -OCH3 is 1. The Labute approximate surface area is 124 Å². The quantitative estimate of drug-likeness (QED) is 0.579. The third-order valence-electron chi connectivity index (χ3n) is 5.09. The highest BCUT2D eigenvalue weighted by molar-refractivity contribution is 6.21. The molecule has 0 aromatic rings. The fourth-order valence-corrected chi connectivity index (χ4v) is 3.88. The molecule has 3 unspecified atom stereocenters. The molecule has 1 fully saturated rings. The smallest absolute Gasteiger partial charge is 0.227 e. The van der Waals surface area contributed by atoms with Gasteiger partial charge in [0.1, 0.15) is 5.60 Å². The zero-order valence-electron chi connectivity index (χ0n) is 12.7. The molecule has 0 radical (unpaired) electrons. The van der Waals surface area contributed by atoms with Gasteiger partial charge < -0.3 is 9.47 Å². The van der Waals surface area contributed by atoms with Crippen LogP contribution in [0.15, 0.2) is 35.3 Å². The maximum atomic E-state index is 12.4. The summed E-state index contributed by atoms with van der Waals surface area (Å²) in [4.78, 5) is 24.6. The molecule has 1 aliphatic heterocycles. The predicted molar refractivity (Wildman–Crippen MR) is 77.3 cm³/mol. The monoisotopic (exact) mass is 288 g/mol. The minimum Gasteiger partial charge on any atom is -0.493 e. The van der Waals surface area contributed by atoms with E-state index in [0.29, 0.717) is 17.9 Å². The number of hydrogen-bond donors (Lipinski definition) is 0. The second-order valence-electron chi connectivity index (χ2n) is 6.43. The summed E-state index contributed by atoms with van der Waals surface area (Å²) < 4.78 is 11.0. The van der Waals surface area contributed by atoms with Crippen molar-refractivity contribution in [3.05, 3.63) is 35.3 Å². The third-order valence-corrected chi connectivity index (χ3v) is 5.09. The number of ketones is 2. The van der Waals surface area contributed by atoms with Gasteiger partial charge in [-0.1, -0.05) is 12.2 Å². The van der Waals surface area contributed by atoms with Gasteiger partial charge in [-0.25, -0.2) is 0 Å². The predicted octanol–water partition coefficient (Wildman–Crippen LogP) is 2.70. The van der Waals surface area contributed by atoms with Crippen molar-refractivity contribution < 1.29 is 19.1 Å². The second-order valence-corrected chi connectivity index (χ2v) is 6.43. The maximum Gasteiger partial charge on any atom is 0.227 e. The number of carbonyl (C=O) groups is 2. The van der Waals surface area contributed by atoms with Crippen molar-refractivity contribution in [2.45, 2.75) is 38.7 Å². The van der Waals surface area contributed by atoms with Crippen molar-refractivity contribution in [2.24, 2.45) is 11.8 Å². The number of allylic oxidation sites excluding steroid dienone is 3. The summed E-state index contributed by atoms with van der Waals surface area (Å²) in [7, 11) is 1.41. The van der Waals surface area contributed by atoms with E-state index in [9.17, 15) is 9.59 Å². The van der Waals surface area contributed by atoms with Gasteiger partial charge in [0.05, 0.1) is 7.11 Å². The molecule has 3 atom stereocenters. The lowest BCUT2D eigenvalue weighted by Gasteiger charge is -2.41. The lowest BCUT2D eigenvalue weighted by molar-refractivity contribution is -0.127. The van der Waals surface area contributed by atoms with Crippen LogP contribution in [0.2, 0.25) is 0 Å². The van der Waals surface area contributed by atoms with Crippen LogP contribution in [-0.2, 0) is 19.1 Å². The van der Waals surface area contributed by atoms with Crippen molar-refractivity contribution in [3.8, 4) is 0 Å². The first-order valence-corrected chi connectivity index (χ1v) is 7.29. The van der Waals surface area contributed by atoms with Crippen LogP contribution < -0.4 is 0 Å². The van der Waals surface area contributed by atoms with E-state index in [1.807, 2.05) is 13.8 Å². The van der Waals surface area contributed by atoms with Gasteiger partial charge in [0.25, 0.3) is 0 Å². The average molecular weight is 288 g/mol. The second kappa shape index (κ2) is 4.58. The number of Topliss-reactive ketones (excluding diaryl/α,β-unsaturated/α-hetero) is 1. The lowest BCUT2D eigenvalue weighted by Crippen LogP contribution is -2.42. The van der Waals surface area contributed by atoms with E-state index in [1.54, 1.807) is 0 Å². The molecule has 0 spiro atoms. The molecular formula is C17H20O4. The number of hydrogen-bond acceptors (Lipinski definition) is 4. The summed E-state index contributed by atoms with van der Waals surface area (Å²) in [5.41, 5.74) is 1.21. The van der Waals surface area contributed by atoms with Crippen LogP contribution in [0.5, 0.6) is 0 Å².